The first kappa shape index (κ1) is 31.7. The zero-order valence-corrected chi connectivity index (χ0v) is 26.2. The van der Waals surface area contributed by atoms with Crippen LogP contribution in [0.5, 0.6) is 5.75 Å². The van der Waals surface area contributed by atoms with Crippen molar-refractivity contribution < 1.29 is 18.7 Å². The molecular formula is C29H50O4Si2. The van der Waals surface area contributed by atoms with Crippen molar-refractivity contribution in [1.82, 2.24) is 0 Å². The number of methoxy groups -OCH3 is 1. The topological polar surface area (TPSA) is 47.9 Å². The van der Waals surface area contributed by atoms with Gasteiger partial charge < -0.3 is 18.7 Å². The first-order valence-electron chi connectivity index (χ1n) is 12.7. The molecule has 0 spiro atoms. The molecule has 0 bridgehead atoms. The van der Waals surface area contributed by atoms with Crippen LogP contribution in [0, 0.1) is 11.8 Å². The monoisotopic (exact) mass is 518 g/mol. The van der Waals surface area contributed by atoms with Crippen LogP contribution in [-0.2, 0) is 15.3 Å². The number of aliphatic hydroxyl groups excluding tert-OH is 1. The van der Waals surface area contributed by atoms with E-state index in [1.165, 1.54) is 0 Å². The summed E-state index contributed by atoms with van der Waals surface area (Å²) in [4.78, 5) is 0. The van der Waals surface area contributed by atoms with Gasteiger partial charge in [-0.1, -0.05) is 65.7 Å². The summed E-state index contributed by atoms with van der Waals surface area (Å²) in [5, 5.41) is 11.1. The Bertz CT molecular complexity index is 883. The highest BCUT2D eigenvalue weighted by Crippen LogP contribution is 2.39. The summed E-state index contributed by atoms with van der Waals surface area (Å²) in [6.07, 6.45) is 2.96. The Kier molecular flexibility index (Phi) is 11.5. The number of allylic oxidation sites excluding steroid dienone is 1. The summed E-state index contributed by atoms with van der Waals surface area (Å²) in [7, 11) is -2.20. The number of ether oxygens (including phenoxy) is 1. The third-order valence-corrected chi connectivity index (χ3v) is 16.6. The summed E-state index contributed by atoms with van der Waals surface area (Å²) in [5.41, 5.74) is 1.70. The largest absolute Gasteiger partial charge is 0.496 e. The molecule has 35 heavy (non-hydrogen) atoms. The van der Waals surface area contributed by atoms with E-state index in [0.717, 1.165) is 23.3 Å². The van der Waals surface area contributed by atoms with E-state index in [2.05, 4.69) is 86.2 Å². The highest BCUT2D eigenvalue weighted by Gasteiger charge is 2.41. The second-order valence-electron chi connectivity index (χ2n) is 12.4. The molecule has 198 valence electrons. The van der Waals surface area contributed by atoms with Crippen molar-refractivity contribution in [3.63, 3.8) is 0 Å². The summed E-state index contributed by atoms with van der Waals surface area (Å²) in [5.74, 6) is 6.98. The lowest BCUT2D eigenvalue weighted by atomic mass is 9.98. The number of aliphatic hydroxyl groups is 1. The molecule has 0 saturated carbocycles. The van der Waals surface area contributed by atoms with Crippen molar-refractivity contribution in [3.8, 4) is 17.6 Å². The third-order valence-electron chi connectivity index (χ3n) is 7.57. The minimum absolute atomic E-state index is 0.00962. The lowest BCUT2D eigenvalue weighted by molar-refractivity contribution is 0.102. The molecule has 4 nitrogen and oxygen atoms in total. The Morgan fingerprint density at radius 1 is 1.03 bits per heavy atom. The lowest BCUT2D eigenvalue weighted by Crippen LogP contribution is -2.47. The van der Waals surface area contributed by atoms with Crippen LogP contribution in [0.2, 0.25) is 36.3 Å². The minimum Gasteiger partial charge on any atom is -0.496 e. The second-order valence-corrected chi connectivity index (χ2v) is 21.9. The molecule has 0 aliphatic heterocycles. The Hall–Kier alpha value is -1.37. The molecule has 6 heteroatoms. The van der Waals surface area contributed by atoms with Gasteiger partial charge in [0.15, 0.2) is 16.6 Å². The summed E-state index contributed by atoms with van der Waals surface area (Å²) < 4.78 is 18.8. The van der Waals surface area contributed by atoms with Crippen LogP contribution >= 0.6 is 0 Å². The Labute approximate surface area is 217 Å². The molecule has 0 saturated heterocycles. The van der Waals surface area contributed by atoms with E-state index in [0.29, 0.717) is 19.4 Å². The van der Waals surface area contributed by atoms with Crippen LogP contribution in [0.4, 0.5) is 0 Å². The fraction of sp³-hybridized carbons (Fsp3) is 0.655. The Morgan fingerprint density at radius 3 is 2.14 bits per heavy atom. The van der Waals surface area contributed by atoms with E-state index >= 15 is 0 Å². The fourth-order valence-electron chi connectivity index (χ4n) is 3.16. The molecule has 0 aromatic heterocycles. The first-order valence-corrected chi connectivity index (χ1v) is 18.5. The van der Waals surface area contributed by atoms with Crippen LogP contribution in [-0.4, -0.2) is 41.6 Å². The van der Waals surface area contributed by atoms with Crippen LogP contribution in [0.1, 0.15) is 71.6 Å². The number of benzene rings is 1. The first-order chi connectivity index (χ1) is 16.0. The van der Waals surface area contributed by atoms with Gasteiger partial charge in [0.25, 0.3) is 0 Å². The fourth-order valence-corrected chi connectivity index (χ4v) is 5.57. The smallest absolute Gasteiger partial charge is 0.192 e. The molecule has 0 aliphatic carbocycles. The molecule has 0 heterocycles. The molecule has 1 N–H and O–H groups in total. The average Bonchev–Trinajstić information content (AvgIpc) is 2.73. The molecule has 0 radical (unpaired) electrons. The van der Waals surface area contributed by atoms with Gasteiger partial charge in [-0.05, 0) is 60.7 Å². The standard InChI is InChI=1S/C29H50O4Si2/c1-13-17-25-24(19-16-21-27(25)31-8)26(30)20-15-14-18-23(33-35(11,12)29(5,6)7)22-32-34(9,10)28(2,3)4/h13,16,19,21,23,26,30H,1,14,17-18,22H2,2-12H3/t23?,26-/m0/s1. The van der Waals surface area contributed by atoms with E-state index < -0.39 is 22.7 Å². The van der Waals surface area contributed by atoms with Crippen molar-refractivity contribution in [2.24, 2.45) is 0 Å². The van der Waals surface area contributed by atoms with Crippen molar-refractivity contribution in [2.75, 3.05) is 13.7 Å². The van der Waals surface area contributed by atoms with Crippen LogP contribution in [0.25, 0.3) is 0 Å². The van der Waals surface area contributed by atoms with Crippen LogP contribution in [0.15, 0.2) is 30.9 Å². The number of rotatable bonds is 11. The lowest BCUT2D eigenvalue weighted by Gasteiger charge is -2.41. The zero-order chi connectivity index (χ0) is 27.1. The highest BCUT2D eigenvalue weighted by atomic mass is 28.4. The third kappa shape index (κ3) is 9.22. The van der Waals surface area contributed by atoms with Gasteiger partial charge in [-0.3, -0.25) is 0 Å². The summed E-state index contributed by atoms with van der Waals surface area (Å²) in [6, 6.07) is 5.68. The van der Waals surface area contributed by atoms with Crippen LogP contribution in [0.3, 0.4) is 0 Å². The number of hydrogen-bond acceptors (Lipinski definition) is 4. The van der Waals surface area contributed by atoms with Gasteiger partial charge in [-0.15, -0.1) is 12.5 Å². The Balaban J connectivity index is 3.00. The molecule has 0 amide bonds. The Morgan fingerprint density at radius 2 is 1.63 bits per heavy atom. The van der Waals surface area contributed by atoms with Gasteiger partial charge in [0.1, 0.15) is 11.9 Å². The normalized spacial score (nSPS) is 14.6. The molecule has 2 atom stereocenters. The van der Waals surface area contributed by atoms with E-state index in [1.807, 2.05) is 24.3 Å². The van der Waals surface area contributed by atoms with E-state index in [-0.39, 0.29) is 16.2 Å². The van der Waals surface area contributed by atoms with Crippen molar-refractivity contribution >= 4 is 16.6 Å². The van der Waals surface area contributed by atoms with Crippen molar-refractivity contribution in [1.29, 1.82) is 0 Å². The zero-order valence-electron chi connectivity index (χ0n) is 24.2. The van der Waals surface area contributed by atoms with E-state index in [4.69, 9.17) is 13.6 Å². The maximum atomic E-state index is 10.8. The molecular weight excluding hydrogens is 468 g/mol. The average molecular weight is 519 g/mol. The predicted octanol–water partition coefficient (Wildman–Crippen LogP) is 7.65. The van der Waals surface area contributed by atoms with Gasteiger partial charge in [0.2, 0.25) is 0 Å². The summed E-state index contributed by atoms with van der Waals surface area (Å²) in [6.45, 7) is 27.1. The van der Waals surface area contributed by atoms with E-state index in [9.17, 15) is 5.11 Å². The molecule has 1 unspecified atom stereocenters. The van der Waals surface area contributed by atoms with Crippen molar-refractivity contribution in [3.05, 3.63) is 42.0 Å². The van der Waals surface area contributed by atoms with Gasteiger partial charge >= 0.3 is 0 Å². The van der Waals surface area contributed by atoms with E-state index in [1.54, 1.807) is 7.11 Å². The highest BCUT2D eigenvalue weighted by molar-refractivity contribution is 6.74. The van der Waals surface area contributed by atoms with Gasteiger partial charge in [0.05, 0.1) is 19.8 Å². The maximum absolute atomic E-state index is 10.8. The van der Waals surface area contributed by atoms with Crippen LogP contribution < -0.4 is 4.74 Å². The van der Waals surface area contributed by atoms with Crippen molar-refractivity contribution in [2.45, 2.75) is 109 Å². The quantitative estimate of drug-likeness (QED) is 0.186. The molecule has 0 aliphatic rings. The summed E-state index contributed by atoms with van der Waals surface area (Å²) >= 11 is 0. The molecule has 0 fully saturated rings. The molecule has 1 aromatic rings. The van der Waals surface area contributed by atoms with Gasteiger partial charge in [0, 0.05) is 12.0 Å². The molecule has 1 aromatic carbocycles. The SMILES string of the molecule is C=CCc1c(OC)cccc1[C@@H](O)C#CCCC(CO[Si](C)(C)C(C)(C)C)O[Si](C)(C)C(C)(C)C. The molecule has 1 rings (SSSR count). The van der Waals surface area contributed by atoms with Gasteiger partial charge in [-0.2, -0.15) is 0 Å². The number of hydrogen-bond donors (Lipinski definition) is 1. The second kappa shape index (κ2) is 12.7. The van der Waals surface area contributed by atoms with Gasteiger partial charge in [-0.25, -0.2) is 0 Å². The predicted molar refractivity (Wildman–Crippen MR) is 154 cm³/mol. The minimum atomic E-state index is -1.96. The maximum Gasteiger partial charge on any atom is 0.192 e.